The summed E-state index contributed by atoms with van der Waals surface area (Å²) in [7, 11) is 4.83. The van der Waals surface area contributed by atoms with Gasteiger partial charge < -0.3 is 56.9 Å². The largest absolute Gasteiger partial charge is 1.00 e. The number of likely N-dealkylation sites (N-methyl/N-ethyl adjacent to an activating group) is 2. The van der Waals surface area contributed by atoms with Crippen LogP contribution in [0.2, 0.25) is 0 Å². The van der Waals surface area contributed by atoms with Gasteiger partial charge in [0.15, 0.2) is 0 Å². The van der Waals surface area contributed by atoms with E-state index in [-0.39, 0.29) is 48.0 Å². The number of nitrogens with zero attached hydrogens (tertiary/aromatic N) is 2. The quantitative estimate of drug-likeness (QED) is 0.288. The lowest BCUT2D eigenvalue weighted by atomic mass is 10.1. The van der Waals surface area contributed by atoms with Gasteiger partial charge in [-0.05, 0) is 0 Å². The van der Waals surface area contributed by atoms with E-state index in [2.05, 4.69) is 74.8 Å². The van der Waals surface area contributed by atoms with Crippen LogP contribution in [0.3, 0.4) is 0 Å². The van der Waals surface area contributed by atoms with Crippen LogP contribution >= 0.6 is 0 Å². The van der Waals surface area contributed by atoms with Crippen molar-refractivity contribution in [3.63, 3.8) is 0 Å². The Morgan fingerprint density at radius 2 is 0.875 bits per heavy atom. The summed E-state index contributed by atoms with van der Waals surface area (Å²) < 4.78 is 2.35. The van der Waals surface area contributed by atoms with Gasteiger partial charge >= 0.3 is 0 Å². The molecule has 1 heterocycles. The smallest absolute Gasteiger partial charge is 0.129 e. The molecule has 0 unspecified atom stereocenters. The number of piperazine rings is 1. The third kappa shape index (κ3) is 5.97. The average Bonchev–Trinajstić information content (AvgIpc) is 2.53. The lowest BCUT2D eigenvalue weighted by Crippen LogP contribution is -3.00. The zero-order chi connectivity index (χ0) is 15.5. The molecule has 1 saturated heterocycles. The van der Waals surface area contributed by atoms with E-state index in [9.17, 15) is 0 Å². The van der Waals surface area contributed by atoms with Gasteiger partial charge in [0, 0.05) is 11.1 Å². The molecule has 0 radical (unpaired) electrons. The van der Waals surface area contributed by atoms with Crippen molar-refractivity contribution in [3.8, 4) is 0 Å². The Bertz CT molecular complexity index is 538. The van der Waals surface area contributed by atoms with Gasteiger partial charge in [-0.2, -0.15) is 0 Å². The fourth-order valence-electron chi connectivity index (χ4n) is 3.55. The molecule has 0 aliphatic carbocycles. The van der Waals surface area contributed by atoms with Crippen LogP contribution in [0.5, 0.6) is 0 Å². The third-order valence-corrected chi connectivity index (χ3v) is 5.17. The van der Waals surface area contributed by atoms with E-state index in [1.54, 1.807) is 0 Å². The molecule has 4 heteroatoms. The summed E-state index contributed by atoms with van der Waals surface area (Å²) in [6.45, 7) is 7.37. The monoisotopic (exact) mass is 550 g/mol. The first-order chi connectivity index (χ1) is 10.6. The van der Waals surface area contributed by atoms with E-state index >= 15 is 0 Å². The van der Waals surface area contributed by atoms with Crippen LogP contribution in [0.4, 0.5) is 0 Å². The molecule has 3 rings (SSSR count). The first-order valence-electron chi connectivity index (χ1n) is 8.32. The molecular weight excluding hydrogens is 522 g/mol. The van der Waals surface area contributed by atoms with Crippen molar-refractivity contribution in [2.45, 2.75) is 13.1 Å². The van der Waals surface area contributed by atoms with E-state index in [1.165, 1.54) is 46.3 Å². The minimum Gasteiger partial charge on any atom is -1.00 e. The fourth-order valence-corrected chi connectivity index (χ4v) is 3.55. The van der Waals surface area contributed by atoms with Crippen LogP contribution in [0, 0.1) is 0 Å². The standard InChI is InChI=1S/C20H28N2.2HI/c1-21(17-19-9-5-3-6-10-19)13-15-22(2,16-14-21)18-20-11-7-4-8-12-20;;/h3-12H,13-18H2,1-2H3;2*1H/q+2;;/p-2. The number of hydrogen-bond acceptors (Lipinski definition) is 0. The van der Waals surface area contributed by atoms with Crippen molar-refractivity contribution in [1.29, 1.82) is 0 Å². The SMILES string of the molecule is C[N+]1(Cc2ccccc2)CC[N+](C)(Cc2ccccc2)CC1.[I-].[I-]. The molecule has 1 fully saturated rings. The fraction of sp³-hybridized carbons (Fsp3) is 0.400. The lowest BCUT2D eigenvalue weighted by molar-refractivity contribution is -1.03. The molecule has 0 aromatic heterocycles. The molecule has 2 nitrogen and oxygen atoms in total. The molecule has 0 bridgehead atoms. The highest BCUT2D eigenvalue weighted by Crippen LogP contribution is 2.21. The normalized spacial score (nSPS) is 26.1. The Morgan fingerprint density at radius 1 is 0.583 bits per heavy atom. The number of benzene rings is 2. The number of halogens is 2. The Kier molecular flexibility index (Phi) is 8.65. The van der Waals surface area contributed by atoms with Crippen molar-refractivity contribution in [2.24, 2.45) is 0 Å². The van der Waals surface area contributed by atoms with Gasteiger partial charge in [-0.3, -0.25) is 0 Å². The van der Waals surface area contributed by atoms with Crippen LogP contribution in [-0.4, -0.2) is 49.2 Å². The Labute approximate surface area is 181 Å². The van der Waals surface area contributed by atoms with Gasteiger partial charge in [-0.1, -0.05) is 60.7 Å². The molecule has 132 valence electrons. The maximum atomic E-state index is 2.42. The van der Waals surface area contributed by atoms with Crippen molar-refractivity contribution < 1.29 is 56.9 Å². The van der Waals surface area contributed by atoms with E-state index < -0.39 is 0 Å². The van der Waals surface area contributed by atoms with Crippen molar-refractivity contribution >= 4 is 0 Å². The number of quaternary nitrogens is 2. The third-order valence-electron chi connectivity index (χ3n) is 5.17. The maximum Gasteiger partial charge on any atom is 0.129 e. The first-order valence-corrected chi connectivity index (χ1v) is 8.32. The molecular formula is C20H28I2N2. The predicted octanol–water partition coefficient (Wildman–Crippen LogP) is -2.70. The van der Waals surface area contributed by atoms with Crippen molar-refractivity contribution in [1.82, 2.24) is 0 Å². The second-order valence-electron chi connectivity index (χ2n) is 7.42. The Balaban J connectivity index is 0.00000144. The molecule has 2 aromatic carbocycles. The summed E-state index contributed by atoms with van der Waals surface area (Å²) in [6, 6.07) is 21.9. The number of rotatable bonds is 4. The highest BCUT2D eigenvalue weighted by Gasteiger charge is 2.37. The van der Waals surface area contributed by atoms with Crippen LogP contribution in [0.25, 0.3) is 0 Å². The van der Waals surface area contributed by atoms with E-state index in [0.717, 1.165) is 13.1 Å². The van der Waals surface area contributed by atoms with Gasteiger partial charge in [-0.25, -0.2) is 0 Å². The summed E-state index contributed by atoms with van der Waals surface area (Å²) >= 11 is 0. The highest BCUT2D eigenvalue weighted by atomic mass is 127. The Hall–Kier alpha value is -0.180. The summed E-state index contributed by atoms with van der Waals surface area (Å²) in [5.41, 5.74) is 2.92. The molecule has 0 saturated carbocycles. The van der Waals surface area contributed by atoms with Crippen LogP contribution < -0.4 is 48.0 Å². The van der Waals surface area contributed by atoms with Gasteiger partial charge in [0.1, 0.15) is 39.3 Å². The van der Waals surface area contributed by atoms with Crippen LogP contribution in [0.1, 0.15) is 11.1 Å². The summed E-state index contributed by atoms with van der Waals surface area (Å²) in [5, 5.41) is 0. The van der Waals surface area contributed by atoms with Gasteiger partial charge in [0.05, 0.1) is 14.1 Å². The number of hydrogen-bond donors (Lipinski definition) is 0. The zero-order valence-corrected chi connectivity index (χ0v) is 19.0. The second kappa shape index (κ2) is 9.50. The molecule has 24 heavy (non-hydrogen) atoms. The van der Waals surface area contributed by atoms with Crippen LogP contribution in [-0.2, 0) is 13.1 Å². The Morgan fingerprint density at radius 3 is 1.17 bits per heavy atom. The second-order valence-corrected chi connectivity index (χ2v) is 7.42. The summed E-state index contributed by atoms with van der Waals surface area (Å²) in [4.78, 5) is 0. The van der Waals surface area contributed by atoms with E-state index in [1.807, 2.05) is 0 Å². The molecule has 2 aromatic rings. The van der Waals surface area contributed by atoms with Crippen molar-refractivity contribution in [2.75, 3.05) is 40.3 Å². The lowest BCUT2D eigenvalue weighted by Gasteiger charge is -2.46. The minimum atomic E-state index is 0. The summed E-state index contributed by atoms with van der Waals surface area (Å²) in [5.74, 6) is 0. The first kappa shape index (κ1) is 21.9. The van der Waals surface area contributed by atoms with Gasteiger partial charge in [0.2, 0.25) is 0 Å². The highest BCUT2D eigenvalue weighted by molar-refractivity contribution is 5.14. The van der Waals surface area contributed by atoms with Gasteiger partial charge in [0.25, 0.3) is 0 Å². The zero-order valence-electron chi connectivity index (χ0n) is 14.7. The van der Waals surface area contributed by atoms with Crippen LogP contribution in [0.15, 0.2) is 60.7 Å². The predicted molar refractivity (Wildman–Crippen MR) is 92.1 cm³/mol. The molecule has 0 atom stereocenters. The minimum absolute atomic E-state index is 0. The van der Waals surface area contributed by atoms with Crippen molar-refractivity contribution in [3.05, 3.63) is 71.8 Å². The molecule has 0 N–H and O–H groups in total. The molecule has 0 spiro atoms. The average molecular weight is 550 g/mol. The van der Waals surface area contributed by atoms with Gasteiger partial charge in [-0.15, -0.1) is 0 Å². The topological polar surface area (TPSA) is 0 Å². The molecule has 1 aliphatic heterocycles. The molecule has 1 aliphatic rings. The molecule has 0 amide bonds. The summed E-state index contributed by atoms with van der Waals surface area (Å²) in [6.07, 6.45) is 0. The van der Waals surface area contributed by atoms with E-state index in [0.29, 0.717) is 0 Å². The van der Waals surface area contributed by atoms with E-state index in [4.69, 9.17) is 0 Å². The maximum absolute atomic E-state index is 2.42.